The molecule has 2 aliphatic rings. The van der Waals surface area contributed by atoms with Gasteiger partial charge in [0.2, 0.25) is 0 Å². The van der Waals surface area contributed by atoms with Crippen LogP contribution in [0.2, 0.25) is 0 Å². The predicted octanol–water partition coefficient (Wildman–Crippen LogP) is 6.38. The molecule has 1 amide bonds. The van der Waals surface area contributed by atoms with Crippen molar-refractivity contribution in [2.45, 2.75) is 77.2 Å². The zero-order valence-corrected chi connectivity index (χ0v) is 21.2. The second-order valence-electron chi connectivity index (χ2n) is 9.93. The number of halogens is 4. The molecule has 1 aliphatic carbocycles. The van der Waals surface area contributed by atoms with E-state index in [1.165, 1.54) is 25.0 Å². The van der Waals surface area contributed by atoms with Crippen LogP contribution >= 0.6 is 22.6 Å². The molecule has 0 spiro atoms. The van der Waals surface area contributed by atoms with Crippen LogP contribution in [0, 0.1) is 9.62 Å². The van der Waals surface area contributed by atoms with Gasteiger partial charge in [0, 0.05) is 19.5 Å². The van der Waals surface area contributed by atoms with Crippen molar-refractivity contribution in [1.82, 2.24) is 14.5 Å². The first-order chi connectivity index (χ1) is 15.4. The Morgan fingerprint density at radius 1 is 1.15 bits per heavy atom. The number of nitrogens with zero attached hydrogens (tertiary/aromatic N) is 3. The normalized spacial score (nSPS) is 18.9. The molecule has 4 rings (SSSR count). The third kappa shape index (κ3) is 5.84. The SMILES string of the molecule is CC(C)(C)OC(=O)N1CCn2c(CC3CC3)nc(I)c2C1CCc1ccc(C(F)(F)F)cc1. The quantitative estimate of drug-likeness (QED) is 0.389. The first-order valence-corrected chi connectivity index (χ1v) is 12.4. The van der Waals surface area contributed by atoms with Crippen molar-refractivity contribution in [2.24, 2.45) is 5.92 Å². The van der Waals surface area contributed by atoms with Gasteiger partial charge in [-0.15, -0.1) is 0 Å². The molecule has 0 saturated heterocycles. The maximum Gasteiger partial charge on any atom is 0.416 e. The Morgan fingerprint density at radius 3 is 2.39 bits per heavy atom. The molecular weight excluding hydrogens is 546 g/mol. The number of benzene rings is 1. The van der Waals surface area contributed by atoms with Crippen molar-refractivity contribution in [2.75, 3.05) is 6.54 Å². The van der Waals surface area contributed by atoms with Crippen molar-refractivity contribution in [3.8, 4) is 0 Å². The molecule has 180 valence electrons. The van der Waals surface area contributed by atoms with E-state index in [9.17, 15) is 18.0 Å². The largest absolute Gasteiger partial charge is 0.444 e. The number of carbonyl (C=O) groups is 1. The summed E-state index contributed by atoms with van der Waals surface area (Å²) in [6, 6.07) is 5.02. The Balaban J connectivity index is 1.59. The van der Waals surface area contributed by atoms with Gasteiger partial charge in [0.1, 0.15) is 15.1 Å². The molecule has 1 aliphatic heterocycles. The summed E-state index contributed by atoms with van der Waals surface area (Å²) in [7, 11) is 0. The van der Waals surface area contributed by atoms with E-state index in [0.29, 0.717) is 31.8 Å². The molecule has 1 aromatic heterocycles. The Bertz CT molecular complexity index is 1010. The van der Waals surface area contributed by atoms with E-state index in [1.807, 2.05) is 20.8 Å². The monoisotopic (exact) mass is 575 g/mol. The van der Waals surface area contributed by atoms with Crippen LogP contribution in [0.5, 0.6) is 0 Å². The van der Waals surface area contributed by atoms with Crippen LogP contribution in [0.25, 0.3) is 0 Å². The van der Waals surface area contributed by atoms with Crippen LogP contribution in [-0.4, -0.2) is 32.7 Å². The van der Waals surface area contributed by atoms with Gasteiger partial charge in [-0.05, 0) is 92.7 Å². The minimum Gasteiger partial charge on any atom is -0.444 e. The molecule has 9 heteroatoms. The second-order valence-corrected chi connectivity index (χ2v) is 10.9. The molecule has 1 aromatic carbocycles. The van der Waals surface area contributed by atoms with Gasteiger partial charge >= 0.3 is 12.3 Å². The molecule has 0 bridgehead atoms. The number of aromatic nitrogens is 2. The highest BCUT2D eigenvalue weighted by Crippen LogP contribution is 2.38. The molecule has 1 atom stereocenters. The topological polar surface area (TPSA) is 47.4 Å². The van der Waals surface area contributed by atoms with Crippen LogP contribution in [0.3, 0.4) is 0 Å². The third-order valence-corrected chi connectivity index (χ3v) is 6.88. The first kappa shape index (κ1) is 24.3. The lowest BCUT2D eigenvalue weighted by Gasteiger charge is -2.38. The number of imidazole rings is 1. The van der Waals surface area contributed by atoms with Crippen molar-refractivity contribution in [3.63, 3.8) is 0 Å². The van der Waals surface area contributed by atoms with Gasteiger partial charge in [0.05, 0.1) is 17.3 Å². The number of hydrogen-bond donors (Lipinski definition) is 0. The van der Waals surface area contributed by atoms with Crippen LogP contribution in [-0.2, 0) is 30.3 Å². The van der Waals surface area contributed by atoms with E-state index in [2.05, 4.69) is 27.2 Å². The summed E-state index contributed by atoms with van der Waals surface area (Å²) < 4.78 is 47.5. The highest BCUT2D eigenvalue weighted by atomic mass is 127. The lowest BCUT2D eigenvalue weighted by Crippen LogP contribution is -2.45. The number of rotatable bonds is 5. The number of ether oxygens (including phenoxy) is 1. The molecule has 2 heterocycles. The zero-order chi connectivity index (χ0) is 24.0. The highest BCUT2D eigenvalue weighted by Gasteiger charge is 2.38. The average Bonchev–Trinajstić information content (AvgIpc) is 3.47. The van der Waals surface area contributed by atoms with E-state index >= 15 is 0 Å². The summed E-state index contributed by atoms with van der Waals surface area (Å²) in [6.07, 6.45) is -0.173. The standard InChI is InChI=1S/C24H29F3IN3O2/c1-23(2,3)33-22(32)30-12-13-31-19(14-16-4-5-16)29-21(28)20(31)18(30)11-8-15-6-9-17(10-7-15)24(25,26)27/h6-7,9-10,16,18H,4-5,8,11-14H2,1-3H3. The molecule has 0 radical (unpaired) electrons. The summed E-state index contributed by atoms with van der Waals surface area (Å²) in [4.78, 5) is 19.6. The van der Waals surface area contributed by atoms with Crippen LogP contribution in [0.1, 0.15) is 68.7 Å². The summed E-state index contributed by atoms with van der Waals surface area (Å²) in [5.41, 5.74) is 0.542. The number of fused-ring (bicyclic) bond motifs is 1. The van der Waals surface area contributed by atoms with Crippen molar-refractivity contribution in [1.29, 1.82) is 0 Å². The molecule has 33 heavy (non-hydrogen) atoms. The summed E-state index contributed by atoms with van der Waals surface area (Å²) >= 11 is 2.24. The Labute approximate surface area is 205 Å². The molecule has 0 N–H and O–H groups in total. The Hall–Kier alpha value is -1.78. The number of carbonyl (C=O) groups excluding carboxylic acids is 1. The van der Waals surface area contributed by atoms with Gasteiger partial charge < -0.3 is 9.30 Å². The predicted molar refractivity (Wildman–Crippen MR) is 127 cm³/mol. The summed E-state index contributed by atoms with van der Waals surface area (Å²) in [5, 5.41) is 0. The van der Waals surface area contributed by atoms with Crippen LogP contribution in [0.15, 0.2) is 24.3 Å². The third-order valence-electron chi connectivity index (χ3n) is 6.08. The second kappa shape index (κ2) is 9.11. The maximum absolute atomic E-state index is 13.1. The maximum atomic E-state index is 13.1. The van der Waals surface area contributed by atoms with Gasteiger partial charge in [0.25, 0.3) is 0 Å². The number of hydrogen-bond acceptors (Lipinski definition) is 3. The number of alkyl halides is 3. The first-order valence-electron chi connectivity index (χ1n) is 11.3. The molecule has 1 saturated carbocycles. The lowest BCUT2D eigenvalue weighted by molar-refractivity contribution is -0.137. The van der Waals surface area contributed by atoms with E-state index in [0.717, 1.165) is 39.3 Å². The van der Waals surface area contributed by atoms with Gasteiger partial charge in [-0.25, -0.2) is 9.78 Å². The molecule has 2 aromatic rings. The van der Waals surface area contributed by atoms with E-state index < -0.39 is 17.3 Å². The van der Waals surface area contributed by atoms with Crippen molar-refractivity contribution >= 4 is 28.7 Å². The fraction of sp³-hybridized carbons (Fsp3) is 0.583. The Kier molecular flexibility index (Phi) is 6.72. The summed E-state index contributed by atoms with van der Waals surface area (Å²) in [5.74, 6) is 1.77. The van der Waals surface area contributed by atoms with E-state index in [4.69, 9.17) is 9.72 Å². The fourth-order valence-corrected chi connectivity index (χ4v) is 5.22. The number of aryl methyl sites for hydroxylation is 1. The minimum atomic E-state index is -4.35. The van der Waals surface area contributed by atoms with Crippen molar-refractivity contribution < 1.29 is 22.7 Å². The zero-order valence-electron chi connectivity index (χ0n) is 19.1. The highest BCUT2D eigenvalue weighted by molar-refractivity contribution is 14.1. The average molecular weight is 575 g/mol. The van der Waals surface area contributed by atoms with E-state index in [1.54, 1.807) is 4.90 Å². The molecule has 1 fully saturated rings. The van der Waals surface area contributed by atoms with Crippen molar-refractivity contribution in [3.05, 3.63) is 50.6 Å². The fourth-order valence-electron chi connectivity index (χ4n) is 4.29. The lowest BCUT2D eigenvalue weighted by atomic mass is 9.99. The molecular formula is C24H29F3IN3O2. The van der Waals surface area contributed by atoms with Gasteiger partial charge in [0.15, 0.2) is 0 Å². The smallest absolute Gasteiger partial charge is 0.416 e. The molecule has 5 nitrogen and oxygen atoms in total. The summed E-state index contributed by atoms with van der Waals surface area (Å²) in [6.45, 7) is 6.71. The molecule has 1 unspecified atom stereocenters. The van der Waals surface area contributed by atoms with Crippen LogP contribution < -0.4 is 0 Å². The van der Waals surface area contributed by atoms with Gasteiger partial charge in [-0.3, -0.25) is 4.90 Å². The number of amides is 1. The minimum absolute atomic E-state index is 0.247. The van der Waals surface area contributed by atoms with E-state index in [-0.39, 0.29) is 12.1 Å². The Morgan fingerprint density at radius 2 is 1.82 bits per heavy atom. The van der Waals surface area contributed by atoms with Crippen LogP contribution in [0.4, 0.5) is 18.0 Å². The van der Waals surface area contributed by atoms with Gasteiger partial charge in [-0.1, -0.05) is 12.1 Å². The van der Waals surface area contributed by atoms with Gasteiger partial charge in [-0.2, -0.15) is 13.2 Å².